The summed E-state index contributed by atoms with van der Waals surface area (Å²) in [7, 11) is 0. The van der Waals surface area contributed by atoms with E-state index in [1.165, 1.54) is 0 Å². The summed E-state index contributed by atoms with van der Waals surface area (Å²) in [4.78, 5) is 27.6. The molecule has 0 aliphatic rings. The molecule has 1 atom stereocenters. The van der Waals surface area contributed by atoms with Gasteiger partial charge in [-0.15, -0.1) is 0 Å². The second-order valence-corrected chi connectivity index (χ2v) is 8.16. The number of hydrogen-bond donors (Lipinski definition) is 1. The molecular weight excluding hydrogens is 407 g/mol. The molecule has 1 unspecified atom stereocenters. The summed E-state index contributed by atoms with van der Waals surface area (Å²) in [5.74, 6) is -0.207. The molecule has 4 nitrogen and oxygen atoms in total. The first-order chi connectivity index (χ1) is 13.8. The Labute approximate surface area is 183 Å². The monoisotopic (exact) mass is 434 g/mol. The highest BCUT2D eigenvalue weighted by atomic mass is 35.5. The summed E-state index contributed by atoms with van der Waals surface area (Å²) in [5.41, 5.74) is 1.93. The van der Waals surface area contributed by atoms with E-state index in [4.69, 9.17) is 23.2 Å². The third-order valence-electron chi connectivity index (χ3n) is 4.62. The molecule has 0 aromatic heterocycles. The molecule has 2 aromatic rings. The van der Waals surface area contributed by atoms with Crippen molar-refractivity contribution in [2.75, 3.05) is 0 Å². The van der Waals surface area contributed by atoms with Gasteiger partial charge in [0.25, 0.3) is 0 Å². The smallest absolute Gasteiger partial charge is 0.243 e. The van der Waals surface area contributed by atoms with Crippen molar-refractivity contribution in [2.45, 2.75) is 58.7 Å². The zero-order valence-electron chi connectivity index (χ0n) is 17.1. The highest BCUT2D eigenvalue weighted by molar-refractivity contribution is 6.42. The third kappa shape index (κ3) is 7.06. The zero-order chi connectivity index (χ0) is 21.4. The summed E-state index contributed by atoms with van der Waals surface area (Å²) in [6.45, 7) is 6.03. The number of halogens is 2. The number of hydrogen-bond acceptors (Lipinski definition) is 2. The molecule has 0 aliphatic carbocycles. The number of benzene rings is 2. The molecule has 156 valence electrons. The predicted molar refractivity (Wildman–Crippen MR) is 119 cm³/mol. The number of nitrogens with one attached hydrogen (secondary N) is 1. The van der Waals surface area contributed by atoms with E-state index < -0.39 is 6.04 Å². The lowest BCUT2D eigenvalue weighted by atomic mass is 10.1. The van der Waals surface area contributed by atoms with E-state index >= 15 is 0 Å². The van der Waals surface area contributed by atoms with Crippen LogP contribution in [0.3, 0.4) is 0 Å². The second kappa shape index (κ2) is 11.2. The molecule has 29 heavy (non-hydrogen) atoms. The van der Waals surface area contributed by atoms with E-state index in [1.807, 2.05) is 57.2 Å². The van der Waals surface area contributed by atoms with E-state index in [9.17, 15) is 9.59 Å². The van der Waals surface area contributed by atoms with Crippen LogP contribution >= 0.6 is 23.2 Å². The Balaban J connectivity index is 2.23. The minimum atomic E-state index is -0.546. The van der Waals surface area contributed by atoms with Gasteiger partial charge in [0, 0.05) is 19.0 Å². The maximum atomic E-state index is 13.2. The molecule has 0 radical (unpaired) electrons. The van der Waals surface area contributed by atoms with Crippen molar-refractivity contribution in [3.63, 3.8) is 0 Å². The van der Waals surface area contributed by atoms with Crippen molar-refractivity contribution in [3.05, 3.63) is 69.7 Å². The molecule has 0 aliphatic heterocycles. The van der Waals surface area contributed by atoms with Crippen LogP contribution in [0.25, 0.3) is 0 Å². The second-order valence-electron chi connectivity index (χ2n) is 7.34. The maximum absolute atomic E-state index is 13.2. The van der Waals surface area contributed by atoms with E-state index in [0.717, 1.165) is 11.1 Å². The van der Waals surface area contributed by atoms with Gasteiger partial charge >= 0.3 is 0 Å². The fraction of sp³-hybridized carbons (Fsp3) is 0.391. The highest BCUT2D eigenvalue weighted by Gasteiger charge is 2.28. The SMILES string of the molecule is CCC(C(=O)NC(C)C)N(Cc1ccc(Cl)c(Cl)c1)C(=O)CCc1ccccc1. The first-order valence-corrected chi connectivity index (χ1v) is 10.6. The molecule has 0 heterocycles. The standard InChI is InChI=1S/C23H28Cl2N2O2/c1-4-21(23(29)26-16(2)3)27(15-18-10-12-19(24)20(25)14-18)22(28)13-11-17-8-6-5-7-9-17/h5-10,12,14,16,21H,4,11,13,15H2,1-3H3,(H,26,29). The number of aryl methyl sites for hydroxylation is 1. The van der Waals surface area contributed by atoms with Crippen molar-refractivity contribution >= 4 is 35.0 Å². The Kier molecular flexibility index (Phi) is 8.99. The van der Waals surface area contributed by atoms with Gasteiger partial charge < -0.3 is 10.2 Å². The van der Waals surface area contributed by atoms with E-state index in [1.54, 1.807) is 17.0 Å². The molecule has 0 saturated heterocycles. The van der Waals surface area contributed by atoms with Crippen molar-refractivity contribution in [1.82, 2.24) is 10.2 Å². The van der Waals surface area contributed by atoms with Gasteiger partial charge in [0.2, 0.25) is 11.8 Å². The Morgan fingerprint density at radius 1 is 1.00 bits per heavy atom. The number of amides is 2. The van der Waals surface area contributed by atoms with E-state index in [2.05, 4.69) is 5.32 Å². The van der Waals surface area contributed by atoms with Crippen LogP contribution in [-0.4, -0.2) is 28.8 Å². The van der Waals surface area contributed by atoms with Gasteiger partial charge in [-0.2, -0.15) is 0 Å². The molecule has 0 bridgehead atoms. The summed E-state index contributed by atoms with van der Waals surface area (Å²) in [6, 6.07) is 14.6. The van der Waals surface area contributed by atoms with Crippen molar-refractivity contribution in [3.8, 4) is 0 Å². The topological polar surface area (TPSA) is 49.4 Å². The Hall–Kier alpha value is -2.04. The van der Waals surface area contributed by atoms with Crippen LogP contribution in [0, 0.1) is 0 Å². The summed E-state index contributed by atoms with van der Waals surface area (Å²) in [5, 5.41) is 3.82. The number of rotatable bonds is 9. The fourth-order valence-corrected chi connectivity index (χ4v) is 3.50. The van der Waals surface area contributed by atoms with Gasteiger partial charge in [0.05, 0.1) is 10.0 Å². The minimum absolute atomic E-state index is 0.00259. The van der Waals surface area contributed by atoms with Crippen LogP contribution in [0.1, 0.15) is 44.7 Å². The largest absolute Gasteiger partial charge is 0.352 e. The van der Waals surface area contributed by atoms with Crippen molar-refractivity contribution < 1.29 is 9.59 Å². The zero-order valence-corrected chi connectivity index (χ0v) is 18.6. The average Bonchev–Trinajstić information content (AvgIpc) is 2.69. The molecular formula is C23H28Cl2N2O2. The number of carbonyl (C=O) groups is 2. The lowest BCUT2D eigenvalue weighted by molar-refractivity contribution is -0.141. The first kappa shape index (κ1) is 23.2. The van der Waals surface area contributed by atoms with Crippen LogP contribution in [0.2, 0.25) is 10.0 Å². The molecule has 2 rings (SSSR count). The Morgan fingerprint density at radius 3 is 2.28 bits per heavy atom. The van der Waals surface area contributed by atoms with E-state index in [0.29, 0.717) is 35.9 Å². The first-order valence-electron chi connectivity index (χ1n) is 9.89. The highest BCUT2D eigenvalue weighted by Crippen LogP contribution is 2.24. The molecule has 2 aromatic carbocycles. The molecule has 0 fully saturated rings. The van der Waals surface area contributed by atoms with Crippen LogP contribution in [0.4, 0.5) is 0 Å². The third-order valence-corrected chi connectivity index (χ3v) is 5.36. The van der Waals surface area contributed by atoms with Crippen LogP contribution in [-0.2, 0) is 22.6 Å². The van der Waals surface area contributed by atoms with Crippen molar-refractivity contribution in [2.24, 2.45) is 0 Å². The summed E-state index contributed by atoms with van der Waals surface area (Å²) in [6.07, 6.45) is 1.48. The van der Waals surface area contributed by atoms with E-state index in [-0.39, 0.29) is 17.9 Å². The van der Waals surface area contributed by atoms with Gasteiger partial charge in [0.1, 0.15) is 6.04 Å². The molecule has 0 saturated carbocycles. The van der Waals surface area contributed by atoms with Gasteiger partial charge in [-0.25, -0.2) is 0 Å². The predicted octanol–water partition coefficient (Wildman–Crippen LogP) is 5.26. The molecule has 1 N–H and O–H groups in total. The minimum Gasteiger partial charge on any atom is -0.352 e. The Bertz CT molecular complexity index is 825. The number of carbonyl (C=O) groups excluding carboxylic acids is 2. The van der Waals surface area contributed by atoms with Gasteiger partial charge in [-0.1, -0.05) is 66.5 Å². The quantitative estimate of drug-likeness (QED) is 0.584. The summed E-state index contributed by atoms with van der Waals surface area (Å²) < 4.78 is 0. The average molecular weight is 435 g/mol. The molecule has 0 spiro atoms. The van der Waals surface area contributed by atoms with Crippen molar-refractivity contribution in [1.29, 1.82) is 0 Å². The van der Waals surface area contributed by atoms with Crippen LogP contribution in [0.15, 0.2) is 48.5 Å². The molecule has 6 heteroatoms. The van der Waals surface area contributed by atoms with Gasteiger partial charge in [-0.3, -0.25) is 9.59 Å². The lowest BCUT2D eigenvalue weighted by Gasteiger charge is -2.31. The summed E-state index contributed by atoms with van der Waals surface area (Å²) >= 11 is 12.2. The fourth-order valence-electron chi connectivity index (χ4n) is 3.17. The van der Waals surface area contributed by atoms with Crippen LogP contribution < -0.4 is 5.32 Å². The van der Waals surface area contributed by atoms with Crippen LogP contribution in [0.5, 0.6) is 0 Å². The van der Waals surface area contributed by atoms with Gasteiger partial charge in [0.15, 0.2) is 0 Å². The lowest BCUT2D eigenvalue weighted by Crippen LogP contribution is -2.50. The Morgan fingerprint density at radius 2 is 1.69 bits per heavy atom. The normalized spacial score (nSPS) is 11.9. The van der Waals surface area contributed by atoms with Gasteiger partial charge in [-0.05, 0) is 49.9 Å². The number of nitrogens with zero attached hydrogens (tertiary/aromatic N) is 1. The molecule has 2 amide bonds. The maximum Gasteiger partial charge on any atom is 0.243 e.